The first kappa shape index (κ1) is 23.8. The van der Waals surface area contributed by atoms with Gasteiger partial charge in [0, 0.05) is 0 Å². The van der Waals surface area contributed by atoms with Gasteiger partial charge >= 0.3 is 29.6 Å². The van der Waals surface area contributed by atoms with Crippen LogP contribution in [-0.2, 0) is 10.1 Å². The van der Waals surface area contributed by atoms with Gasteiger partial charge in [-0.25, -0.2) is 0 Å². The Balaban J connectivity index is 0.00000320. The van der Waals surface area contributed by atoms with Crippen molar-refractivity contribution < 1.29 is 47.3 Å². The van der Waals surface area contributed by atoms with Crippen molar-refractivity contribution in [3.05, 3.63) is 72.8 Å². The topological polar surface area (TPSA) is 113 Å². The second-order valence-electron chi connectivity index (χ2n) is 5.81. The third-order valence-electron chi connectivity index (χ3n) is 3.69. The van der Waals surface area contributed by atoms with E-state index in [1.54, 1.807) is 24.3 Å². The summed E-state index contributed by atoms with van der Waals surface area (Å²) in [5, 5.41) is 16.5. The first-order chi connectivity index (χ1) is 13.9. The van der Waals surface area contributed by atoms with Crippen LogP contribution in [0.5, 0.6) is 5.75 Å². The van der Waals surface area contributed by atoms with Gasteiger partial charge in [-0.1, -0.05) is 0 Å². The smallest absolute Gasteiger partial charge is 0.494 e. The van der Waals surface area contributed by atoms with Crippen LogP contribution in [0.3, 0.4) is 0 Å². The van der Waals surface area contributed by atoms with Gasteiger partial charge in [-0.2, -0.15) is 28.9 Å². The molecule has 0 aliphatic heterocycles. The zero-order chi connectivity index (χ0) is 20.7. The van der Waals surface area contributed by atoms with Crippen LogP contribution in [-0.4, -0.2) is 19.6 Å². The molecule has 0 saturated carbocycles. The summed E-state index contributed by atoms with van der Waals surface area (Å²) in [4.78, 5) is -0.196. The number of hydrogen-bond donors (Lipinski definition) is 1. The first-order valence-corrected chi connectivity index (χ1v) is 10.1. The Morgan fingerprint density at radius 3 is 1.37 bits per heavy atom. The quantitative estimate of drug-likeness (QED) is 0.350. The Bertz CT molecular complexity index is 1110. The molecule has 8 nitrogen and oxygen atoms in total. The summed E-state index contributed by atoms with van der Waals surface area (Å²) < 4.78 is 36.4. The normalized spacial score (nSPS) is 11.5. The summed E-state index contributed by atoms with van der Waals surface area (Å²) in [6.07, 6.45) is 0. The SMILES string of the molecule is CCOc1ccc(N=Nc2ccc(N=Nc3ccc(S(=O)(=O)O)cc3)cc2)cc1.[Na+]. The number of hydrogen-bond acceptors (Lipinski definition) is 7. The van der Waals surface area contributed by atoms with Crippen molar-refractivity contribution in [1.29, 1.82) is 0 Å². The van der Waals surface area contributed by atoms with E-state index in [1.807, 2.05) is 31.2 Å². The van der Waals surface area contributed by atoms with Gasteiger partial charge in [-0.15, -0.1) is 0 Å². The van der Waals surface area contributed by atoms with Crippen LogP contribution in [0.25, 0.3) is 0 Å². The van der Waals surface area contributed by atoms with Crippen molar-refractivity contribution in [2.24, 2.45) is 20.5 Å². The monoisotopic (exact) mass is 433 g/mol. The standard InChI is InChI=1S/C20H18N4O4S.Na/c1-2-28-19-11-7-17(8-12-19)23-21-15-3-5-16(6-4-15)22-24-18-9-13-20(14-10-18)29(25,26)27;/h3-14H,2H2,1H3,(H,25,26,27);/q;+1. The number of ether oxygens (including phenoxy) is 1. The molecule has 30 heavy (non-hydrogen) atoms. The predicted octanol–water partition coefficient (Wildman–Crippen LogP) is 3.17. The van der Waals surface area contributed by atoms with Gasteiger partial charge in [-0.05, 0) is 79.7 Å². The molecule has 0 heterocycles. The van der Waals surface area contributed by atoms with Crippen LogP contribution in [0.15, 0.2) is 98.1 Å². The minimum Gasteiger partial charge on any atom is -0.494 e. The summed E-state index contributed by atoms with van der Waals surface area (Å²) in [6.45, 7) is 2.54. The molecule has 0 unspecified atom stereocenters. The van der Waals surface area contributed by atoms with Gasteiger partial charge in [0.25, 0.3) is 10.1 Å². The molecule has 0 aliphatic rings. The average molecular weight is 433 g/mol. The van der Waals surface area contributed by atoms with Crippen molar-refractivity contribution in [2.45, 2.75) is 11.8 Å². The van der Waals surface area contributed by atoms with Crippen LogP contribution in [0.4, 0.5) is 22.7 Å². The Labute approximate surface area is 196 Å². The molecule has 148 valence electrons. The van der Waals surface area contributed by atoms with Crippen LogP contribution in [0.1, 0.15) is 6.92 Å². The van der Waals surface area contributed by atoms with Crippen LogP contribution in [0, 0.1) is 0 Å². The molecule has 10 heteroatoms. The maximum absolute atomic E-state index is 11.0. The van der Waals surface area contributed by atoms with E-state index in [-0.39, 0.29) is 34.5 Å². The molecule has 0 aromatic heterocycles. The van der Waals surface area contributed by atoms with Gasteiger partial charge in [0.2, 0.25) is 0 Å². The van der Waals surface area contributed by atoms with Gasteiger partial charge in [-0.3, -0.25) is 4.55 Å². The molecule has 0 saturated heterocycles. The van der Waals surface area contributed by atoms with Crippen molar-refractivity contribution in [3.8, 4) is 5.75 Å². The van der Waals surface area contributed by atoms with E-state index in [0.717, 1.165) is 5.75 Å². The summed E-state index contributed by atoms with van der Waals surface area (Å²) in [5.74, 6) is 0.786. The predicted molar refractivity (Wildman–Crippen MR) is 109 cm³/mol. The van der Waals surface area contributed by atoms with E-state index in [1.165, 1.54) is 24.3 Å². The van der Waals surface area contributed by atoms with E-state index >= 15 is 0 Å². The van der Waals surface area contributed by atoms with E-state index in [9.17, 15) is 8.42 Å². The number of nitrogens with zero attached hydrogens (tertiary/aromatic N) is 4. The molecular formula is C20H18N4NaO4S+. The summed E-state index contributed by atoms with van der Waals surface area (Å²) in [5.41, 5.74) is 2.43. The minimum absolute atomic E-state index is 0. The van der Waals surface area contributed by atoms with E-state index < -0.39 is 10.1 Å². The molecule has 0 fully saturated rings. The zero-order valence-corrected chi connectivity index (χ0v) is 19.3. The second-order valence-corrected chi connectivity index (χ2v) is 7.23. The average Bonchev–Trinajstić information content (AvgIpc) is 2.72. The minimum atomic E-state index is -4.22. The fraction of sp³-hybridized carbons (Fsp3) is 0.100. The number of azo groups is 2. The van der Waals surface area contributed by atoms with Crippen molar-refractivity contribution in [2.75, 3.05) is 6.61 Å². The van der Waals surface area contributed by atoms with E-state index in [2.05, 4.69) is 20.5 Å². The van der Waals surface area contributed by atoms with Crippen molar-refractivity contribution in [1.82, 2.24) is 0 Å². The molecule has 0 radical (unpaired) electrons. The molecule has 0 amide bonds. The second kappa shape index (κ2) is 11.1. The number of benzene rings is 3. The Morgan fingerprint density at radius 1 is 0.700 bits per heavy atom. The molecule has 0 atom stereocenters. The van der Waals surface area contributed by atoms with Gasteiger partial charge in [0.1, 0.15) is 5.75 Å². The van der Waals surface area contributed by atoms with Crippen molar-refractivity contribution in [3.63, 3.8) is 0 Å². The third-order valence-corrected chi connectivity index (χ3v) is 4.56. The zero-order valence-electron chi connectivity index (χ0n) is 16.5. The van der Waals surface area contributed by atoms with E-state index in [4.69, 9.17) is 9.29 Å². The Morgan fingerprint density at radius 2 is 1.03 bits per heavy atom. The molecule has 3 aromatic carbocycles. The van der Waals surface area contributed by atoms with Crippen LogP contribution >= 0.6 is 0 Å². The third kappa shape index (κ3) is 7.12. The number of rotatable bonds is 7. The van der Waals surface area contributed by atoms with E-state index in [0.29, 0.717) is 29.4 Å². The summed E-state index contributed by atoms with van der Waals surface area (Å²) in [6, 6.07) is 19.7. The van der Waals surface area contributed by atoms with Crippen LogP contribution in [0.2, 0.25) is 0 Å². The summed E-state index contributed by atoms with van der Waals surface area (Å²) >= 11 is 0. The fourth-order valence-electron chi connectivity index (χ4n) is 2.28. The van der Waals surface area contributed by atoms with Crippen molar-refractivity contribution >= 4 is 32.9 Å². The molecule has 0 spiro atoms. The fourth-order valence-corrected chi connectivity index (χ4v) is 2.76. The molecule has 0 bridgehead atoms. The van der Waals surface area contributed by atoms with Gasteiger partial charge < -0.3 is 4.74 Å². The van der Waals surface area contributed by atoms with Gasteiger partial charge in [0.15, 0.2) is 0 Å². The van der Waals surface area contributed by atoms with Crippen LogP contribution < -0.4 is 34.3 Å². The summed E-state index contributed by atoms with van der Waals surface area (Å²) in [7, 11) is -4.22. The Hall–Kier alpha value is -2.43. The Kier molecular flexibility index (Phi) is 8.82. The molecular weight excluding hydrogens is 415 g/mol. The molecule has 3 aromatic rings. The molecule has 3 rings (SSSR count). The first-order valence-electron chi connectivity index (χ1n) is 8.68. The maximum atomic E-state index is 11.0. The largest absolute Gasteiger partial charge is 1.00 e. The molecule has 1 N–H and O–H groups in total. The maximum Gasteiger partial charge on any atom is 1.00 e. The molecule has 0 aliphatic carbocycles. The van der Waals surface area contributed by atoms with Gasteiger partial charge in [0.05, 0.1) is 34.3 Å².